The predicted octanol–water partition coefficient (Wildman–Crippen LogP) is 8.30. The zero-order chi connectivity index (χ0) is 38.2. The number of carbonyl (C=O) groups is 1. The van der Waals surface area contributed by atoms with E-state index in [0.29, 0.717) is 43.6 Å². The largest absolute Gasteiger partial charge is 0.670 e. The third-order valence-corrected chi connectivity index (χ3v) is 10.9. The molecule has 6 rings (SSSR count). The molecule has 0 radical (unpaired) electrons. The van der Waals surface area contributed by atoms with Crippen molar-refractivity contribution in [1.29, 1.82) is 0 Å². The number of allylic oxidation sites excluding steroid dienone is 1. The number of fused-ring (bicyclic) bond motifs is 1. The molecule has 1 aliphatic rings. The lowest BCUT2D eigenvalue weighted by Crippen LogP contribution is -2.31. The Kier molecular flexibility index (Phi) is 12.4. The van der Waals surface area contributed by atoms with Crippen LogP contribution in [0.5, 0.6) is 23.0 Å². The van der Waals surface area contributed by atoms with Crippen LogP contribution in [0.15, 0.2) is 101 Å². The van der Waals surface area contributed by atoms with Gasteiger partial charge in [-0.1, -0.05) is 74.0 Å². The van der Waals surface area contributed by atoms with E-state index in [0.717, 1.165) is 57.0 Å². The average Bonchev–Trinajstić information content (AvgIpc) is 3.88. The molecule has 0 bridgehead atoms. The number of phenolic OH excluding ortho intramolecular Hbond substituents is 2. The number of ketones is 1. The van der Waals surface area contributed by atoms with Gasteiger partial charge in [-0.25, -0.2) is 0 Å². The van der Waals surface area contributed by atoms with Crippen LogP contribution in [0, 0.1) is 18.4 Å². The monoisotopic (exact) mass is 726 g/mol. The molecular formula is C46H50N2O6. The Balaban J connectivity index is 1.33. The first-order chi connectivity index (χ1) is 26.2. The number of aliphatic imine (C=N–C) groups is 1. The first-order valence-corrected chi connectivity index (χ1v) is 18.8. The van der Waals surface area contributed by atoms with Crippen LogP contribution in [0.4, 0.5) is 0 Å². The first-order valence-electron chi connectivity index (χ1n) is 18.8. The molecule has 1 aliphatic heterocycles. The summed E-state index contributed by atoms with van der Waals surface area (Å²) >= 11 is 0. The second kappa shape index (κ2) is 17.6. The van der Waals surface area contributed by atoms with Gasteiger partial charge in [0, 0.05) is 30.7 Å². The summed E-state index contributed by atoms with van der Waals surface area (Å²) in [6, 6.07) is 23.3. The number of aliphatic hydroxyl groups is 1. The van der Waals surface area contributed by atoms with Gasteiger partial charge in [-0.05, 0) is 89.2 Å². The number of ether oxygens (including phenoxy) is 2. The zero-order valence-corrected chi connectivity index (χ0v) is 31.6. The number of benzene rings is 4. The molecule has 8 nitrogen and oxygen atoms in total. The van der Waals surface area contributed by atoms with Gasteiger partial charge in [0.2, 0.25) is 0 Å². The molecule has 2 heterocycles. The molecule has 0 saturated heterocycles. The molecule has 54 heavy (non-hydrogen) atoms. The number of rotatable bonds is 18. The van der Waals surface area contributed by atoms with Gasteiger partial charge in [0.25, 0.3) is 0 Å². The Bertz CT molecular complexity index is 2130. The van der Waals surface area contributed by atoms with Crippen molar-refractivity contribution in [3.05, 3.63) is 136 Å². The number of aromatic hydroxyl groups is 2. The van der Waals surface area contributed by atoms with E-state index in [2.05, 4.69) is 48.1 Å². The van der Waals surface area contributed by atoms with E-state index in [1.165, 1.54) is 18.2 Å². The molecule has 0 saturated carbocycles. The minimum Gasteiger partial charge on any atom is -0.670 e. The summed E-state index contributed by atoms with van der Waals surface area (Å²) in [5, 5.41) is 35.6. The zero-order valence-electron chi connectivity index (χ0n) is 31.6. The summed E-state index contributed by atoms with van der Waals surface area (Å²) in [5.74, 6) is 0.0366. The summed E-state index contributed by atoms with van der Waals surface area (Å²) in [6.45, 7) is 6.07. The molecule has 0 fully saturated rings. The van der Waals surface area contributed by atoms with Gasteiger partial charge in [-0.15, -0.1) is 4.99 Å². The molecule has 5 aromatic rings. The second-order valence-corrected chi connectivity index (χ2v) is 14.2. The first kappa shape index (κ1) is 38.3. The van der Waals surface area contributed by atoms with Crippen LogP contribution in [0.25, 0.3) is 10.8 Å². The molecule has 280 valence electrons. The molecule has 0 spiro atoms. The summed E-state index contributed by atoms with van der Waals surface area (Å²) in [6.07, 6.45) is 8.42. The summed E-state index contributed by atoms with van der Waals surface area (Å²) < 4.78 is 11.2. The van der Waals surface area contributed by atoms with Gasteiger partial charge in [-0.2, -0.15) is 12.4 Å². The van der Waals surface area contributed by atoms with Crippen molar-refractivity contribution in [1.82, 2.24) is 4.98 Å². The van der Waals surface area contributed by atoms with E-state index < -0.39 is 12.0 Å². The average molecular weight is 727 g/mol. The Labute approximate surface area is 318 Å². The van der Waals surface area contributed by atoms with Crippen molar-refractivity contribution in [2.45, 2.75) is 71.3 Å². The molecule has 3 atom stereocenters. The Morgan fingerprint density at radius 2 is 1.63 bits per heavy atom. The maximum Gasteiger partial charge on any atom is 0.176 e. The van der Waals surface area contributed by atoms with Gasteiger partial charge in [-0.3, -0.25) is 4.79 Å². The van der Waals surface area contributed by atoms with Gasteiger partial charge in [0.1, 0.15) is 17.9 Å². The number of aliphatic hydroxyl groups excluding tert-OH is 1. The fourth-order valence-electron chi connectivity index (χ4n) is 7.86. The molecule has 8 heteroatoms. The number of aromatic nitrogens is 1. The quantitative estimate of drug-likeness (QED) is 0.0777. The van der Waals surface area contributed by atoms with Crippen LogP contribution in [0.3, 0.4) is 0 Å². The number of aryl methyl sites for hydroxylation is 1. The van der Waals surface area contributed by atoms with Crippen LogP contribution < -0.4 is 14.5 Å². The smallest absolute Gasteiger partial charge is 0.176 e. The third-order valence-electron chi connectivity index (χ3n) is 10.9. The lowest BCUT2D eigenvalue weighted by molar-refractivity contribution is -0.125. The highest BCUT2D eigenvalue weighted by Gasteiger charge is 2.32. The summed E-state index contributed by atoms with van der Waals surface area (Å²) in [7, 11) is 3.08. The van der Waals surface area contributed by atoms with Crippen molar-refractivity contribution < 1.29 is 29.6 Å². The number of hydrogen-bond donors (Lipinski definition) is 3. The highest BCUT2D eigenvalue weighted by atomic mass is 16.5. The van der Waals surface area contributed by atoms with E-state index >= 15 is 0 Å². The lowest BCUT2D eigenvalue weighted by Gasteiger charge is -2.26. The number of carbonyl (C=O) groups excluding carboxylic acids is 1. The maximum absolute atomic E-state index is 14.4. The van der Waals surface area contributed by atoms with E-state index in [1.807, 2.05) is 43.1 Å². The Morgan fingerprint density at radius 1 is 0.833 bits per heavy atom. The highest BCUT2D eigenvalue weighted by Crippen LogP contribution is 2.39. The topological polar surface area (TPSA) is 123 Å². The van der Waals surface area contributed by atoms with Gasteiger partial charge in [0.05, 0.1) is 25.9 Å². The van der Waals surface area contributed by atoms with Crippen LogP contribution in [-0.4, -0.2) is 47.6 Å². The van der Waals surface area contributed by atoms with Gasteiger partial charge >= 0.3 is 0 Å². The van der Waals surface area contributed by atoms with Crippen LogP contribution in [0.1, 0.15) is 66.5 Å². The fraction of sp³-hybridized carbons (Fsp3) is 0.326. The van der Waals surface area contributed by atoms with E-state index in [9.17, 15) is 20.1 Å². The molecular weight excluding hydrogens is 677 g/mol. The number of Topliss-reactive ketones (excluding diaryl/α,β-unsaturated/α-hetero) is 1. The van der Waals surface area contributed by atoms with Crippen molar-refractivity contribution in [3.8, 4) is 23.0 Å². The lowest BCUT2D eigenvalue weighted by atomic mass is 9.80. The number of nitrogens with zero attached hydrogens (tertiary/aromatic N) is 2. The summed E-state index contributed by atoms with van der Waals surface area (Å²) in [4.78, 5) is 23.0. The Hall–Kier alpha value is -5.47. The molecule has 4 aromatic carbocycles. The standard InChI is InChI=1S/C46H50N2O6/c1-5-31-12-13-33-9-7-8-10-38(33)39(31)24-40-34(14-16-42(50)46(40)54-4)22-36(20-30-17-18-47-26-30)44(52)25-43(51)35(23-37-28-48-27-32(37)6-2)19-29-11-15-41(49)45(21-29)53-3/h7-18,21,26-28,35-36,44,49-50,52H,5-6,19-20,22-25H2,1-4H3/t35-,36+,44-/m1/s1. The van der Waals surface area contributed by atoms with Crippen molar-refractivity contribution in [2.24, 2.45) is 16.8 Å². The SMILES string of the molecule is CCC1=C(C[C@@H](Cc2ccc(O)c(OC)c2)C(=O)C[C@@H](O)[C@@H](Cc2cc[n-]c2)Cc2ccc(O)c(OC)c2Cc2c(CC)ccc3ccccc23)C=N[CH+]1. The number of phenols is 2. The third kappa shape index (κ3) is 8.66. The van der Waals surface area contributed by atoms with E-state index in [4.69, 9.17) is 9.47 Å². The van der Waals surface area contributed by atoms with Crippen LogP contribution in [-0.2, 0) is 36.9 Å². The molecule has 1 aromatic heterocycles. The molecule has 0 aliphatic carbocycles. The fourth-order valence-corrected chi connectivity index (χ4v) is 7.86. The van der Waals surface area contributed by atoms with Crippen LogP contribution in [0.2, 0.25) is 0 Å². The number of hydrogen-bond acceptors (Lipinski definition) is 7. The van der Waals surface area contributed by atoms with Crippen molar-refractivity contribution >= 4 is 22.8 Å². The van der Waals surface area contributed by atoms with E-state index in [-0.39, 0.29) is 29.6 Å². The van der Waals surface area contributed by atoms with Crippen molar-refractivity contribution in [2.75, 3.05) is 14.2 Å². The highest BCUT2D eigenvalue weighted by molar-refractivity contribution is 5.88. The normalized spacial score (nSPS) is 14.2. The van der Waals surface area contributed by atoms with Gasteiger partial charge < -0.3 is 29.8 Å². The number of methoxy groups -OCH3 is 2. The van der Waals surface area contributed by atoms with E-state index in [1.54, 1.807) is 37.7 Å². The minimum absolute atomic E-state index is 0.0366. The van der Waals surface area contributed by atoms with Crippen LogP contribution >= 0.6 is 0 Å². The predicted molar refractivity (Wildman–Crippen MR) is 214 cm³/mol. The van der Waals surface area contributed by atoms with Gasteiger partial charge in [0.15, 0.2) is 29.2 Å². The molecule has 3 N–H and O–H groups in total. The minimum atomic E-state index is -0.968. The molecule has 0 amide bonds. The van der Waals surface area contributed by atoms with Crippen molar-refractivity contribution in [3.63, 3.8) is 0 Å². The maximum atomic E-state index is 14.4. The second-order valence-electron chi connectivity index (χ2n) is 14.2. The molecule has 0 unspecified atom stereocenters. The Morgan fingerprint density at radius 3 is 2.37 bits per heavy atom. The summed E-state index contributed by atoms with van der Waals surface area (Å²) in [5.41, 5.74) is 8.16.